The predicted molar refractivity (Wildman–Crippen MR) is 87.0 cm³/mol. The van der Waals surface area contributed by atoms with E-state index in [4.69, 9.17) is 0 Å². The number of hydrogen-bond acceptors (Lipinski definition) is 3. The van der Waals surface area contributed by atoms with Crippen LogP contribution in [0.5, 0.6) is 0 Å². The third-order valence-corrected chi connectivity index (χ3v) is 4.54. The molecule has 0 bridgehead atoms. The van der Waals surface area contributed by atoms with E-state index in [0.29, 0.717) is 6.42 Å². The van der Waals surface area contributed by atoms with Gasteiger partial charge in [0.1, 0.15) is 5.60 Å². The standard InChI is InChI=1S/C18H26F6O3/c1-6-7-12-8-11(2)9-13(12)10-16(17(19,20)21,18(22,23)24)27-14(25)26-15(3,4)5/h6-7,11-13H,8-10H2,1-5H3/b7-6+. The molecule has 3 atom stereocenters. The summed E-state index contributed by atoms with van der Waals surface area (Å²) in [6.45, 7) is 7.37. The summed E-state index contributed by atoms with van der Waals surface area (Å²) >= 11 is 0. The van der Waals surface area contributed by atoms with Crippen molar-refractivity contribution in [1.82, 2.24) is 0 Å². The van der Waals surface area contributed by atoms with E-state index in [-0.39, 0.29) is 12.3 Å². The first-order valence-corrected chi connectivity index (χ1v) is 8.70. The highest BCUT2D eigenvalue weighted by atomic mass is 19.4. The van der Waals surface area contributed by atoms with Crippen LogP contribution in [0.3, 0.4) is 0 Å². The highest BCUT2D eigenvalue weighted by molar-refractivity contribution is 5.61. The Labute approximate surface area is 155 Å². The van der Waals surface area contributed by atoms with Gasteiger partial charge in [-0.1, -0.05) is 19.1 Å². The van der Waals surface area contributed by atoms with Gasteiger partial charge in [0.25, 0.3) is 0 Å². The lowest BCUT2D eigenvalue weighted by molar-refractivity contribution is -0.374. The first kappa shape index (κ1) is 23.6. The summed E-state index contributed by atoms with van der Waals surface area (Å²) in [4.78, 5) is 11.8. The molecule has 0 aromatic heterocycles. The van der Waals surface area contributed by atoms with E-state index >= 15 is 0 Å². The van der Waals surface area contributed by atoms with Crippen molar-refractivity contribution in [3.63, 3.8) is 0 Å². The number of rotatable bonds is 4. The van der Waals surface area contributed by atoms with E-state index < -0.39 is 48.0 Å². The van der Waals surface area contributed by atoms with E-state index in [1.807, 2.05) is 0 Å². The first-order chi connectivity index (χ1) is 12.0. The Kier molecular flexibility index (Phi) is 6.92. The molecule has 3 nitrogen and oxygen atoms in total. The molecular weight excluding hydrogens is 378 g/mol. The van der Waals surface area contributed by atoms with Gasteiger partial charge in [0, 0.05) is 6.42 Å². The molecule has 0 aromatic carbocycles. The third-order valence-electron chi connectivity index (χ3n) is 4.54. The van der Waals surface area contributed by atoms with Gasteiger partial charge in [-0.15, -0.1) is 0 Å². The second-order valence-electron chi connectivity index (χ2n) is 8.12. The maximum atomic E-state index is 13.7. The van der Waals surface area contributed by atoms with Gasteiger partial charge in [-0.3, -0.25) is 0 Å². The Hall–Kier alpha value is -1.41. The normalized spacial score (nSPS) is 25.1. The molecule has 0 spiro atoms. The fourth-order valence-electron chi connectivity index (χ4n) is 3.49. The summed E-state index contributed by atoms with van der Waals surface area (Å²) in [7, 11) is 0. The molecule has 3 unspecified atom stereocenters. The SMILES string of the molecule is C/C=C/C1CC(C)CC1CC(OC(=O)OC(C)(C)C)(C(F)(F)F)C(F)(F)F. The number of alkyl halides is 6. The highest BCUT2D eigenvalue weighted by Crippen LogP contribution is 2.53. The zero-order valence-corrected chi connectivity index (χ0v) is 16.0. The molecule has 0 aliphatic heterocycles. The highest BCUT2D eigenvalue weighted by Gasteiger charge is 2.75. The maximum absolute atomic E-state index is 13.7. The molecule has 0 amide bonds. The van der Waals surface area contributed by atoms with E-state index in [0.717, 1.165) is 0 Å². The smallest absolute Gasteiger partial charge is 0.429 e. The van der Waals surface area contributed by atoms with Crippen molar-refractivity contribution < 1.29 is 40.6 Å². The summed E-state index contributed by atoms with van der Waals surface area (Å²) in [5.41, 5.74) is -5.91. The van der Waals surface area contributed by atoms with E-state index in [1.165, 1.54) is 20.8 Å². The summed E-state index contributed by atoms with van der Waals surface area (Å²) in [5.74, 6) is -1.41. The number of carbonyl (C=O) groups is 1. The van der Waals surface area contributed by atoms with Crippen LogP contribution in [0.15, 0.2) is 12.2 Å². The number of carbonyl (C=O) groups excluding carboxylic acids is 1. The predicted octanol–water partition coefficient (Wildman–Crippen LogP) is 6.43. The average Bonchev–Trinajstić information content (AvgIpc) is 2.73. The van der Waals surface area contributed by atoms with E-state index in [1.54, 1.807) is 26.0 Å². The summed E-state index contributed by atoms with van der Waals surface area (Å²) in [5, 5.41) is 0. The summed E-state index contributed by atoms with van der Waals surface area (Å²) < 4.78 is 90.5. The quantitative estimate of drug-likeness (QED) is 0.308. The van der Waals surface area contributed by atoms with E-state index in [9.17, 15) is 31.1 Å². The van der Waals surface area contributed by atoms with Crippen molar-refractivity contribution in [1.29, 1.82) is 0 Å². The van der Waals surface area contributed by atoms with Crippen LogP contribution in [-0.2, 0) is 9.47 Å². The van der Waals surface area contributed by atoms with Crippen molar-refractivity contribution in [3.05, 3.63) is 12.2 Å². The van der Waals surface area contributed by atoms with Gasteiger partial charge >= 0.3 is 24.1 Å². The van der Waals surface area contributed by atoms with E-state index in [2.05, 4.69) is 9.47 Å². The summed E-state index contributed by atoms with van der Waals surface area (Å²) in [6, 6.07) is 0. The molecule has 27 heavy (non-hydrogen) atoms. The van der Waals surface area contributed by atoms with Crippen LogP contribution in [0.1, 0.15) is 53.9 Å². The lowest BCUT2D eigenvalue weighted by atomic mass is 9.82. The fraction of sp³-hybridized carbons (Fsp3) is 0.833. The van der Waals surface area contributed by atoms with Crippen LogP contribution in [0, 0.1) is 17.8 Å². The molecule has 0 heterocycles. The average molecular weight is 404 g/mol. The monoisotopic (exact) mass is 404 g/mol. The topological polar surface area (TPSA) is 35.5 Å². The second kappa shape index (κ2) is 7.91. The van der Waals surface area contributed by atoms with Gasteiger partial charge in [-0.05, 0) is 58.3 Å². The van der Waals surface area contributed by atoms with Crippen molar-refractivity contribution in [2.45, 2.75) is 77.4 Å². The van der Waals surface area contributed by atoms with Gasteiger partial charge < -0.3 is 9.47 Å². The molecule has 1 saturated carbocycles. The molecule has 1 fully saturated rings. The minimum Gasteiger partial charge on any atom is -0.429 e. The van der Waals surface area contributed by atoms with Crippen LogP contribution in [0.4, 0.5) is 31.1 Å². The Morgan fingerprint density at radius 2 is 1.52 bits per heavy atom. The maximum Gasteiger partial charge on any atom is 0.510 e. The van der Waals surface area contributed by atoms with Crippen LogP contribution >= 0.6 is 0 Å². The number of allylic oxidation sites excluding steroid dienone is 2. The Morgan fingerprint density at radius 3 is 1.93 bits per heavy atom. The van der Waals surface area contributed by atoms with Gasteiger partial charge in [0.15, 0.2) is 0 Å². The Morgan fingerprint density at radius 1 is 1.00 bits per heavy atom. The number of halogens is 6. The van der Waals surface area contributed by atoms with Crippen molar-refractivity contribution in [3.8, 4) is 0 Å². The van der Waals surface area contributed by atoms with Crippen molar-refractivity contribution in [2.24, 2.45) is 17.8 Å². The van der Waals surface area contributed by atoms with Crippen LogP contribution < -0.4 is 0 Å². The van der Waals surface area contributed by atoms with Crippen LogP contribution in [-0.4, -0.2) is 29.7 Å². The molecule has 1 aliphatic rings. The Balaban J connectivity index is 3.30. The largest absolute Gasteiger partial charge is 0.510 e. The minimum atomic E-state index is -5.84. The zero-order valence-electron chi connectivity index (χ0n) is 16.0. The van der Waals surface area contributed by atoms with Crippen LogP contribution in [0.25, 0.3) is 0 Å². The number of ether oxygens (including phenoxy) is 2. The minimum absolute atomic E-state index is 0.0307. The molecule has 158 valence electrons. The lowest BCUT2D eigenvalue weighted by Gasteiger charge is -2.39. The molecule has 0 N–H and O–H groups in total. The van der Waals surface area contributed by atoms with Gasteiger partial charge in [0.2, 0.25) is 0 Å². The molecule has 1 aliphatic carbocycles. The molecule has 9 heteroatoms. The first-order valence-electron chi connectivity index (χ1n) is 8.70. The molecule has 0 saturated heterocycles. The fourth-order valence-corrected chi connectivity index (χ4v) is 3.49. The third kappa shape index (κ3) is 5.78. The molecule has 0 aromatic rings. The van der Waals surface area contributed by atoms with Gasteiger partial charge in [0.05, 0.1) is 0 Å². The second-order valence-corrected chi connectivity index (χ2v) is 8.12. The van der Waals surface area contributed by atoms with Crippen molar-refractivity contribution >= 4 is 6.16 Å². The molecule has 0 radical (unpaired) electrons. The lowest BCUT2D eigenvalue weighted by Crippen LogP contribution is -2.61. The van der Waals surface area contributed by atoms with Gasteiger partial charge in [-0.2, -0.15) is 26.3 Å². The Bertz CT molecular complexity index is 531. The van der Waals surface area contributed by atoms with Crippen LogP contribution in [0.2, 0.25) is 0 Å². The summed E-state index contributed by atoms with van der Waals surface area (Å²) in [6.07, 6.45) is -11.2. The van der Waals surface area contributed by atoms with Gasteiger partial charge in [-0.25, -0.2) is 4.79 Å². The molecular formula is C18H26F6O3. The molecule has 1 rings (SSSR count). The van der Waals surface area contributed by atoms with Crippen molar-refractivity contribution in [2.75, 3.05) is 0 Å². The zero-order chi connectivity index (χ0) is 21.3. The number of hydrogen-bond donors (Lipinski definition) is 0.